The SMILES string of the molecule is CC1CCC(Nc2nc3ccccn3n2)CC1C. The molecule has 3 unspecified atom stereocenters. The number of anilines is 1. The first-order valence-corrected chi connectivity index (χ1v) is 6.80. The summed E-state index contributed by atoms with van der Waals surface area (Å²) in [6, 6.07) is 6.45. The van der Waals surface area contributed by atoms with Crippen molar-refractivity contribution in [1.82, 2.24) is 14.6 Å². The molecule has 0 amide bonds. The molecule has 0 aromatic carbocycles. The fraction of sp³-hybridized carbons (Fsp3) is 0.571. The lowest BCUT2D eigenvalue weighted by atomic mass is 9.79. The van der Waals surface area contributed by atoms with Gasteiger partial charge in [-0.1, -0.05) is 19.9 Å². The van der Waals surface area contributed by atoms with E-state index in [0.29, 0.717) is 6.04 Å². The van der Waals surface area contributed by atoms with Gasteiger partial charge < -0.3 is 5.32 Å². The van der Waals surface area contributed by atoms with Crippen LogP contribution in [0, 0.1) is 11.8 Å². The van der Waals surface area contributed by atoms with E-state index in [0.717, 1.165) is 23.4 Å². The van der Waals surface area contributed by atoms with Gasteiger partial charge in [0, 0.05) is 12.2 Å². The molecule has 1 saturated carbocycles. The third-order valence-corrected chi connectivity index (χ3v) is 4.17. The minimum atomic E-state index is 0.522. The topological polar surface area (TPSA) is 42.2 Å². The monoisotopic (exact) mass is 244 g/mol. The molecule has 3 atom stereocenters. The fourth-order valence-corrected chi connectivity index (χ4v) is 2.75. The van der Waals surface area contributed by atoms with E-state index in [1.807, 2.05) is 28.9 Å². The molecular formula is C14H20N4. The van der Waals surface area contributed by atoms with Crippen LogP contribution in [0.1, 0.15) is 33.1 Å². The zero-order valence-corrected chi connectivity index (χ0v) is 11.0. The van der Waals surface area contributed by atoms with Gasteiger partial charge in [0.2, 0.25) is 5.95 Å². The van der Waals surface area contributed by atoms with E-state index in [9.17, 15) is 0 Å². The molecule has 3 rings (SSSR count). The van der Waals surface area contributed by atoms with Gasteiger partial charge in [0.25, 0.3) is 0 Å². The van der Waals surface area contributed by atoms with Crippen LogP contribution in [0.2, 0.25) is 0 Å². The summed E-state index contributed by atoms with van der Waals surface area (Å²) < 4.78 is 1.82. The Balaban J connectivity index is 1.72. The average Bonchev–Trinajstić information content (AvgIpc) is 2.76. The van der Waals surface area contributed by atoms with Crippen molar-refractivity contribution in [3.8, 4) is 0 Å². The van der Waals surface area contributed by atoms with E-state index in [4.69, 9.17) is 0 Å². The van der Waals surface area contributed by atoms with Gasteiger partial charge in [-0.15, -0.1) is 5.10 Å². The second-order valence-electron chi connectivity index (χ2n) is 5.55. The van der Waals surface area contributed by atoms with Crippen molar-refractivity contribution in [2.24, 2.45) is 11.8 Å². The number of fused-ring (bicyclic) bond motifs is 1. The molecule has 1 aliphatic rings. The molecule has 2 aromatic heterocycles. The molecule has 0 radical (unpaired) electrons. The minimum Gasteiger partial charge on any atom is -0.350 e. The van der Waals surface area contributed by atoms with Crippen LogP contribution >= 0.6 is 0 Å². The van der Waals surface area contributed by atoms with Gasteiger partial charge in [-0.3, -0.25) is 0 Å². The Morgan fingerprint density at radius 1 is 1.22 bits per heavy atom. The van der Waals surface area contributed by atoms with E-state index in [1.165, 1.54) is 19.3 Å². The van der Waals surface area contributed by atoms with Crippen LogP contribution in [0.3, 0.4) is 0 Å². The van der Waals surface area contributed by atoms with E-state index < -0.39 is 0 Å². The van der Waals surface area contributed by atoms with Gasteiger partial charge in [0.15, 0.2) is 5.65 Å². The molecule has 1 fully saturated rings. The molecule has 0 spiro atoms. The quantitative estimate of drug-likeness (QED) is 0.883. The smallest absolute Gasteiger partial charge is 0.243 e. The number of aromatic nitrogens is 3. The summed E-state index contributed by atoms with van der Waals surface area (Å²) in [4.78, 5) is 4.49. The molecule has 0 aliphatic heterocycles. The van der Waals surface area contributed by atoms with Crippen LogP contribution in [-0.4, -0.2) is 20.6 Å². The summed E-state index contributed by atoms with van der Waals surface area (Å²) in [6.45, 7) is 4.69. The molecule has 18 heavy (non-hydrogen) atoms. The van der Waals surface area contributed by atoms with Crippen LogP contribution in [0.15, 0.2) is 24.4 Å². The maximum Gasteiger partial charge on any atom is 0.243 e. The van der Waals surface area contributed by atoms with Gasteiger partial charge in [-0.2, -0.15) is 4.98 Å². The Morgan fingerprint density at radius 2 is 2.11 bits per heavy atom. The summed E-state index contributed by atoms with van der Waals surface area (Å²) in [5.74, 6) is 2.39. The van der Waals surface area contributed by atoms with Gasteiger partial charge >= 0.3 is 0 Å². The number of nitrogens with one attached hydrogen (secondary N) is 1. The van der Waals surface area contributed by atoms with E-state index in [2.05, 4.69) is 29.2 Å². The van der Waals surface area contributed by atoms with Crippen molar-refractivity contribution in [2.45, 2.75) is 39.2 Å². The van der Waals surface area contributed by atoms with Crippen LogP contribution in [-0.2, 0) is 0 Å². The lowest BCUT2D eigenvalue weighted by molar-refractivity contribution is 0.260. The van der Waals surface area contributed by atoms with Crippen molar-refractivity contribution in [3.05, 3.63) is 24.4 Å². The highest BCUT2D eigenvalue weighted by atomic mass is 15.3. The molecule has 1 aliphatic carbocycles. The first kappa shape index (κ1) is 11.5. The zero-order valence-electron chi connectivity index (χ0n) is 11.0. The molecule has 96 valence electrons. The molecule has 1 N–H and O–H groups in total. The Bertz CT molecular complexity index is 500. The van der Waals surface area contributed by atoms with E-state index in [1.54, 1.807) is 0 Å². The third kappa shape index (κ3) is 2.19. The van der Waals surface area contributed by atoms with Crippen molar-refractivity contribution in [3.63, 3.8) is 0 Å². The third-order valence-electron chi connectivity index (χ3n) is 4.17. The zero-order chi connectivity index (χ0) is 12.5. The summed E-state index contributed by atoms with van der Waals surface area (Å²) in [5.41, 5.74) is 0.900. The normalized spacial score (nSPS) is 28.4. The lowest BCUT2D eigenvalue weighted by Crippen LogP contribution is -2.30. The van der Waals surface area contributed by atoms with E-state index >= 15 is 0 Å². The highest BCUT2D eigenvalue weighted by Crippen LogP contribution is 2.30. The molecule has 2 heterocycles. The highest BCUT2D eigenvalue weighted by molar-refractivity contribution is 5.43. The van der Waals surface area contributed by atoms with Gasteiger partial charge in [-0.05, 0) is 43.2 Å². The molecule has 4 heteroatoms. The maximum absolute atomic E-state index is 4.49. The summed E-state index contributed by atoms with van der Waals surface area (Å²) in [6.07, 6.45) is 5.67. The highest BCUT2D eigenvalue weighted by Gasteiger charge is 2.25. The number of nitrogens with zero attached hydrogens (tertiary/aromatic N) is 3. The molecule has 0 saturated heterocycles. The molecule has 2 aromatic rings. The van der Waals surface area contributed by atoms with Gasteiger partial charge in [0.1, 0.15) is 0 Å². The largest absolute Gasteiger partial charge is 0.350 e. The second-order valence-corrected chi connectivity index (χ2v) is 5.55. The Hall–Kier alpha value is -1.58. The van der Waals surface area contributed by atoms with Crippen LogP contribution < -0.4 is 5.32 Å². The fourth-order valence-electron chi connectivity index (χ4n) is 2.75. The molecule has 4 nitrogen and oxygen atoms in total. The number of rotatable bonds is 2. The lowest BCUT2D eigenvalue weighted by Gasteiger charge is -2.32. The summed E-state index contributed by atoms with van der Waals surface area (Å²) in [5, 5.41) is 7.92. The predicted octanol–water partition coefficient (Wildman–Crippen LogP) is 2.97. The average molecular weight is 244 g/mol. The first-order valence-electron chi connectivity index (χ1n) is 6.80. The predicted molar refractivity (Wildman–Crippen MR) is 72.6 cm³/mol. The van der Waals surface area contributed by atoms with Crippen molar-refractivity contribution in [2.75, 3.05) is 5.32 Å². The maximum atomic E-state index is 4.49. The summed E-state index contributed by atoms with van der Waals surface area (Å²) >= 11 is 0. The van der Waals surface area contributed by atoms with E-state index in [-0.39, 0.29) is 0 Å². The van der Waals surface area contributed by atoms with Crippen LogP contribution in [0.25, 0.3) is 5.65 Å². The Morgan fingerprint density at radius 3 is 2.89 bits per heavy atom. The Labute approximate surface area is 107 Å². The number of hydrogen-bond donors (Lipinski definition) is 1. The van der Waals surface area contributed by atoms with Crippen molar-refractivity contribution in [1.29, 1.82) is 0 Å². The van der Waals surface area contributed by atoms with Crippen LogP contribution in [0.4, 0.5) is 5.95 Å². The van der Waals surface area contributed by atoms with Crippen LogP contribution in [0.5, 0.6) is 0 Å². The standard InChI is InChI=1S/C14H20N4/c1-10-6-7-12(9-11(10)2)15-14-16-13-5-3-4-8-18(13)17-14/h3-5,8,10-12H,6-7,9H2,1-2H3,(H,15,17). The van der Waals surface area contributed by atoms with Gasteiger partial charge in [0.05, 0.1) is 0 Å². The summed E-state index contributed by atoms with van der Waals surface area (Å²) in [7, 11) is 0. The first-order chi connectivity index (χ1) is 8.72. The Kier molecular flexibility index (Phi) is 2.94. The van der Waals surface area contributed by atoms with Crippen molar-refractivity contribution < 1.29 is 0 Å². The number of hydrogen-bond acceptors (Lipinski definition) is 3. The second kappa shape index (κ2) is 4.59. The minimum absolute atomic E-state index is 0.522. The number of pyridine rings is 1. The van der Waals surface area contributed by atoms with Gasteiger partial charge in [-0.25, -0.2) is 4.52 Å². The molecule has 0 bridgehead atoms. The molecular weight excluding hydrogens is 224 g/mol. The van der Waals surface area contributed by atoms with Crippen molar-refractivity contribution >= 4 is 11.6 Å².